The Bertz CT molecular complexity index is 658. The van der Waals surface area contributed by atoms with Crippen molar-refractivity contribution in [2.24, 2.45) is 4.99 Å². The first-order valence-electron chi connectivity index (χ1n) is 8.70. The number of hydrogen-bond donors (Lipinski definition) is 2. The van der Waals surface area contributed by atoms with E-state index >= 15 is 0 Å². The number of halogens is 1. The first kappa shape index (κ1) is 23.6. The Morgan fingerprint density at radius 3 is 2.54 bits per heavy atom. The van der Waals surface area contributed by atoms with E-state index in [0.717, 1.165) is 13.0 Å². The van der Waals surface area contributed by atoms with Gasteiger partial charge in [-0.05, 0) is 25.5 Å². The summed E-state index contributed by atoms with van der Waals surface area (Å²) in [5, 5.41) is 6.27. The molecule has 0 bridgehead atoms. The van der Waals surface area contributed by atoms with Gasteiger partial charge in [-0.25, -0.2) is 13.4 Å². The average molecular weight is 516 g/mol. The SMILES string of the molecule is CCNC(=NCc1ccc(CC)s1)NCCS(=O)(=O)N1CCOCC1.I. The summed E-state index contributed by atoms with van der Waals surface area (Å²) in [6, 6.07) is 4.23. The molecule has 1 aromatic heterocycles. The zero-order valence-corrected chi connectivity index (χ0v) is 19.3. The Kier molecular flexibility index (Phi) is 11.0. The van der Waals surface area contributed by atoms with Crippen LogP contribution in [0.3, 0.4) is 0 Å². The number of hydrogen-bond acceptors (Lipinski definition) is 5. The molecule has 2 heterocycles. The molecule has 0 amide bonds. The van der Waals surface area contributed by atoms with Gasteiger partial charge in [0.2, 0.25) is 10.0 Å². The van der Waals surface area contributed by atoms with E-state index in [2.05, 4.69) is 34.7 Å². The molecule has 0 aliphatic carbocycles. The van der Waals surface area contributed by atoms with E-state index in [0.29, 0.717) is 45.4 Å². The fraction of sp³-hybridized carbons (Fsp3) is 0.688. The number of rotatable bonds is 8. The molecule has 0 atom stereocenters. The maximum atomic E-state index is 12.3. The Hall–Kier alpha value is -0.430. The highest BCUT2D eigenvalue weighted by Gasteiger charge is 2.23. The number of nitrogens with zero attached hydrogens (tertiary/aromatic N) is 2. The predicted molar refractivity (Wildman–Crippen MR) is 118 cm³/mol. The van der Waals surface area contributed by atoms with Gasteiger partial charge in [-0.15, -0.1) is 35.3 Å². The molecular formula is C16H29IN4O3S2. The van der Waals surface area contributed by atoms with Crippen molar-refractivity contribution in [2.45, 2.75) is 26.8 Å². The summed E-state index contributed by atoms with van der Waals surface area (Å²) in [5.74, 6) is 0.697. The van der Waals surface area contributed by atoms with Gasteiger partial charge >= 0.3 is 0 Å². The Balaban J connectivity index is 0.00000338. The molecule has 2 N–H and O–H groups in total. The van der Waals surface area contributed by atoms with Gasteiger partial charge in [0, 0.05) is 35.9 Å². The predicted octanol–water partition coefficient (Wildman–Crippen LogP) is 1.65. The minimum atomic E-state index is -3.25. The number of aryl methyl sites for hydroxylation is 1. The lowest BCUT2D eigenvalue weighted by Gasteiger charge is -2.26. The van der Waals surface area contributed by atoms with Crippen LogP contribution < -0.4 is 10.6 Å². The highest BCUT2D eigenvalue weighted by Crippen LogP contribution is 2.17. The molecule has 150 valence electrons. The van der Waals surface area contributed by atoms with Crippen molar-refractivity contribution < 1.29 is 13.2 Å². The molecule has 0 aromatic carbocycles. The van der Waals surface area contributed by atoms with Crippen LogP contribution in [0.1, 0.15) is 23.6 Å². The van der Waals surface area contributed by atoms with Crippen molar-refractivity contribution in [3.63, 3.8) is 0 Å². The van der Waals surface area contributed by atoms with Crippen LogP contribution in [0.25, 0.3) is 0 Å². The van der Waals surface area contributed by atoms with Crippen molar-refractivity contribution in [2.75, 3.05) is 45.1 Å². The lowest BCUT2D eigenvalue weighted by Crippen LogP contribution is -2.45. The fourth-order valence-electron chi connectivity index (χ4n) is 2.45. The van der Waals surface area contributed by atoms with Crippen molar-refractivity contribution in [3.8, 4) is 0 Å². The van der Waals surface area contributed by atoms with Crippen molar-refractivity contribution >= 4 is 51.3 Å². The zero-order valence-electron chi connectivity index (χ0n) is 15.4. The van der Waals surface area contributed by atoms with E-state index in [1.165, 1.54) is 14.1 Å². The second-order valence-corrected chi connectivity index (χ2v) is 9.01. The van der Waals surface area contributed by atoms with Gasteiger partial charge < -0.3 is 15.4 Å². The third-order valence-electron chi connectivity index (χ3n) is 3.82. The number of morpholine rings is 1. The normalized spacial score (nSPS) is 16.2. The van der Waals surface area contributed by atoms with Crippen LogP contribution in [0.15, 0.2) is 17.1 Å². The summed E-state index contributed by atoms with van der Waals surface area (Å²) in [7, 11) is -3.25. The second-order valence-electron chi connectivity index (χ2n) is 5.67. The number of nitrogens with one attached hydrogen (secondary N) is 2. The van der Waals surface area contributed by atoms with Gasteiger partial charge in [0.25, 0.3) is 0 Å². The lowest BCUT2D eigenvalue weighted by atomic mass is 10.4. The van der Waals surface area contributed by atoms with E-state index in [4.69, 9.17) is 4.74 Å². The number of aliphatic imine (C=N–C) groups is 1. The minimum Gasteiger partial charge on any atom is -0.379 e. The van der Waals surface area contributed by atoms with E-state index in [-0.39, 0.29) is 29.7 Å². The molecule has 0 unspecified atom stereocenters. The average Bonchev–Trinajstić information content (AvgIpc) is 3.08. The maximum Gasteiger partial charge on any atom is 0.215 e. The third-order valence-corrected chi connectivity index (χ3v) is 6.91. The highest BCUT2D eigenvalue weighted by atomic mass is 127. The number of ether oxygens (including phenoxy) is 1. The molecule has 1 fully saturated rings. The van der Waals surface area contributed by atoms with Crippen LogP contribution in [-0.2, 0) is 27.7 Å². The van der Waals surface area contributed by atoms with E-state index < -0.39 is 10.0 Å². The fourth-order valence-corrected chi connectivity index (χ4v) is 4.65. The van der Waals surface area contributed by atoms with Crippen LogP contribution in [0.2, 0.25) is 0 Å². The molecule has 10 heteroatoms. The van der Waals surface area contributed by atoms with Crippen molar-refractivity contribution in [3.05, 3.63) is 21.9 Å². The maximum absolute atomic E-state index is 12.3. The lowest BCUT2D eigenvalue weighted by molar-refractivity contribution is 0.0730. The molecule has 0 spiro atoms. The Morgan fingerprint density at radius 1 is 1.23 bits per heavy atom. The first-order chi connectivity index (χ1) is 12.0. The monoisotopic (exact) mass is 516 g/mol. The smallest absolute Gasteiger partial charge is 0.215 e. The number of sulfonamides is 1. The Morgan fingerprint density at radius 2 is 1.92 bits per heavy atom. The summed E-state index contributed by atoms with van der Waals surface area (Å²) in [6.45, 7) is 7.60. The molecule has 2 rings (SSSR count). The van der Waals surface area contributed by atoms with Gasteiger partial charge in [0.1, 0.15) is 0 Å². The Labute approximate surface area is 177 Å². The van der Waals surface area contributed by atoms with E-state index in [1.54, 1.807) is 11.3 Å². The minimum absolute atomic E-state index is 0. The van der Waals surface area contributed by atoms with Gasteiger partial charge in [-0.1, -0.05) is 6.92 Å². The zero-order chi connectivity index (χ0) is 18.1. The van der Waals surface area contributed by atoms with Crippen molar-refractivity contribution in [1.29, 1.82) is 0 Å². The van der Waals surface area contributed by atoms with Gasteiger partial charge in [0.05, 0.1) is 25.5 Å². The molecule has 26 heavy (non-hydrogen) atoms. The summed E-state index contributed by atoms with van der Waals surface area (Å²) < 4.78 is 31.3. The summed E-state index contributed by atoms with van der Waals surface area (Å²) in [5.41, 5.74) is 0. The van der Waals surface area contributed by atoms with Crippen LogP contribution in [-0.4, -0.2) is 63.8 Å². The van der Waals surface area contributed by atoms with Crippen LogP contribution in [0.5, 0.6) is 0 Å². The van der Waals surface area contributed by atoms with Crippen LogP contribution in [0, 0.1) is 0 Å². The molecule has 0 saturated carbocycles. The molecule has 1 aliphatic rings. The molecular weight excluding hydrogens is 487 g/mol. The standard InChI is InChI=1S/C16H28N4O3S2.HI/c1-3-14-5-6-15(24-14)13-19-16(17-4-2)18-7-12-25(21,22)20-8-10-23-11-9-20;/h5-6H,3-4,7-13H2,1-2H3,(H2,17,18,19);1H. The summed E-state index contributed by atoms with van der Waals surface area (Å²) in [6.07, 6.45) is 1.03. The second kappa shape index (κ2) is 12.1. The number of thiophene rings is 1. The van der Waals surface area contributed by atoms with Crippen molar-refractivity contribution in [1.82, 2.24) is 14.9 Å². The summed E-state index contributed by atoms with van der Waals surface area (Å²) in [4.78, 5) is 7.09. The van der Waals surface area contributed by atoms with E-state index in [1.807, 2.05) is 6.92 Å². The molecule has 7 nitrogen and oxygen atoms in total. The molecule has 1 saturated heterocycles. The largest absolute Gasteiger partial charge is 0.379 e. The highest BCUT2D eigenvalue weighted by molar-refractivity contribution is 14.0. The third kappa shape index (κ3) is 7.67. The van der Waals surface area contributed by atoms with Crippen LogP contribution in [0.4, 0.5) is 0 Å². The first-order valence-corrected chi connectivity index (χ1v) is 11.1. The van der Waals surface area contributed by atoms with Crippen LogP contribution >= 0.6 is 35.3 Å². The topological polar surface area (TPSA) is 83.0 Å². The number of guanidine groups is 1. The summed E-state index contributed by atoms with van der Waals surface area (Å²) >= 11 is 1.76. The van der Waals surface area contributed by atoms with Gasteiger partial charge in [-0.3, -0.25) is 0 Å². The molecule has 1 aromatic rings. The molecule has 1 aliphatic heterocycles. The van der Waals surface area contributed by atoms with E-state index in [9.17, 15) is 8.42 Å². The quantitative estimate of drug-likeness (QED) is 0.312. The van der Waals surface area contributed by atoms with Gasteiger partial charge in [-0.2, -0.15) is 4.31 Å². The molecule has 0 radical (unpaired) electrons. The van der Waals surface area contributed by atoms with Gasteiger partial charge in [0.15, 0.2) is 5.96 Å².